The molecular weight excluding hydrogens is 638 g/mol. The van der Waals surface area contributed by atoms with Gasteiger partial charge in [-0.1, -0.05) is 30.3 Å². The summed E-state index contributed by atoms with van der Waals surface area (Å²) in [6.45, 7) is 9.23. The van der Waals surface area contributed by atoms with E-state index in [0.29, 0.717) is 24.5 Å². The Kier molecular flexibility index (Phi) is 12.5. The summed E-state index contributed by atoms with van der Waals surface area (Å²) in [5.41, 5.74) is 1.17. The number of nitrogens with one attached hydrogen (secondary N) is 2. The van der Waals surface area contributed by atoms with E-state index >= 15 is 0 Å². The lowest BCUT2D eigenvalue weighted by Gasteiger charge is -2.35. The number of benzene rings is 2. The minimum atomic E-state index is -4.09. The minimum absolute atomic E-state index is 0.0726. The van der Waals surface area contributed by atoms with Crippen LogP contribution >= 0.6 is 0 Å². The molecule has 13 nitrogen and oxygen atoms in total. The SMILES string of the molecule is Cc1noc(C)c1S(=O)(=O)Nc1ccc2c(c1)C(=O)N([C@H](C)CO)C[C@H](C)[C@H](CN(C)C(=O)Nc1ccccc1)OCCCC[C@H](C)O2. The van der Waals surface area contributed by atoms with Crippen molar-refractivity contribution in [2.45, 2.75) is 77.0 Å². The Morgan fingerprint density at radius 2 is 1.85 bits per heavy atom. The Morgan fingerprint density at radius 3 is 2.52 bits per heavy atom. The van der Waals surface area contributed by atoms with Gasteiger partial charge in [0, 0.05) is 44.0 Å². The second kappa shape index (κ2) is 16.3. The molecule has 0 unspecified atom stereocenters. The van der Waals surface area contributed by atoms with E-state index in [1.165, 1.54) is 24.8 Å². The summed E-state index contributed by atoms with van der Waals surface area (Å²) in [5, 5.41) is 16.9. The fourth-order valence-electron chi connectivity index (χ4n) is 5.61. The van der Waals surface area contributed by atoms with Crippen molar-refractivity contribution < 1.29 is 37.1 Å². The van der Waals surface area contributed by atoms with Gasteiger partial charge in [-0.3, -0.25) is 9.52 Å². The van der Waals surface area contributed by atoms with Crippen LogP contribution in [0.15, 0.2) is 57.9 Å². The Labute approximate surface area is 282 Å². The predicted molar refractivity (Wildman–Crippen MR) is 182 cm³/mol. The lowest BCUT2D eigenvalue weighted by molar-refractivity contribution is -0.0115. The van der Waals surface area contributed by atoms with Crippen molar-refractivity contribution in [1.82, 2.24) is 15.0 Å². The van der Waals surface area contributed by atoms with E-state index in [2.05, 4.69) is 15.2 Å². The number of hydrogen-bond donors (Lipinski definition) is 3. The van der Waals surface area contributed by atoms with Crippen molar-refractivity contribution in [3.8, 4) is 5.75 Å². The lowest BCUT2D eigenvalue weighted by atomic mass is 10.0. The zero-order valence-corrected chi connectivity index (χ0v) is 29.2. The van der Waals surface area contributed by atoms with Crippen molar-refractivity contribution in [3.63, 3.8) is 0 Å². The van der Waals surface area contributed by atoms with Crippen LogP contribution in [0.5, 0.6) is 5.75 Å². The highest BCUT2D eigenvalue weighted by Gasteiger charge is 2.32. The second-order valence-electron chi connectivity index (χ2n) is 12.4. The highest BCUT2D eigenvalue weighted by atomic mass is 32.2. The van der Waals surface area contributed by atoms with E-state index in [1.54, 1.807) is 31.0 Å². The van der Waals surface area contributed by atoms with Gasteiger partial charge in [0.2, 0.25) is 0 Å². The number of carbonyl (C=O) groups is 2. The molecule has 3 amide bonds. The molecule has 0 fully saturated rings. The number of aliphatic hydroxyl groups is 1. The lowest BCUT2D eigenvalue weighted by Crippen LogP contribution is -2.48. The highest BCUT2D eigenvalue weighted by Crippen LogP contribution is 2.30. The molecule has 4 atom stereocenters. The molecule has 3 N–H and O–H groups in total. The Hall–Kier alpha value is -4.14. The van der Waals surface area contributed by atoms with Crippen LogP contribution < -0.4 is 14.8 Å². The number of ether oxygens (including phenoxy) is 2. The molecule has 2 heterocycles. The van der Waals surface area contributed by atoms with Crippen LogP contribution in [0.2, 0.25) is 0 Å². The number of carbonyl (C=O) groups excluding carboxylic acids is 2. The summed E-state index contributed by atoms with van der Waals surface area (Å²) in [7, 11) is -2.40. The van der Waals surface area contributed by atoms with Gasteiger partial charge in [0.25, 0.3) is 15.9 Å². The van der Waals surface area contributed by atoms with Crippen LogP contribution in [0.3, 0.4) is 0 Å². The zero-order valence-electron chi connectivity index (χ0n) is 28.4. The largest absolute Gasteiger partial charge is 0.490 e. The molecule has 0 saturated heterocycles. The predicted octanol–water partition coefficient (Wildman–Crippen LogP) is 5.05. The zero-order chi connectivity index (χ0) is 35.0. The first kappa shape index (κ1) is 36.7. The number of anilines is 2. The molecule has 0 saturated carbocycles. The van der Waals surface area contributed by atoms with Gasteiger partial charge in [0.1, 0.15) is 11.4 Å². The van der Waals surface area contributed by atoms with Gasteiger partial charge < -0.3 is 34.2 Å². The van der Waals surface area contributed by atoms with Gasteiger partial charge in [0.05, 0.1) is 30.4 Å². The topological polar surface area (TPSA) is 164 Å². The summed E-state index contributed by atoms with van der Waals surface area (Å²) < 4.78 is 46.8. The minimum Gasteiger partial charge on any atom is -0.490 e. The molecule has 0 spiro atoms. The maximum Gasteiger partial charge on any atom is 0.321 e. The maximum absolute atomic E-state index is 14.4. The number of likely N-dealkylation sites (N-methyl/N-ethyl adjacent to an activating group) is 1. The second-order valence-corrected chi connectivity index (χ2v) is 14.1. The highest BCUT2D eigenvalue weighted by molar-refractivity contribution is 7.92. The first-order valence-electron chi connectivity index (χ1n) is 16.2. The monoisotopic (exact) mass is 685 g/mol. The number of nitrogens with zero attached hydrogens (tertiary/aromatic N) is 3. The molecule has 0 bridgehead atoms. The summed E-state index contributed by atoms with van der Waals surface area (Å²) in [4.78, 5) is 30.4. The standard InChI is InChI=1S/C34H47N5O8S/c1-22-19-39(23(2)21-40)33(41)29-18-28(37-48(43,44)32-25(4)36-47-26(32)5)15-16-30(29)46-24(3)12-10-11-17-45-31(22)20-38(6)34(42)35-27-13-8-7-9-14-27/h7-9,13-16,18,22-24,31,37,40H,10-12,17,19-21H2,1-6H3,(H,35,42)/t22-,23+,24-,31-/m0/s1. The quantitative estimate of drug-likeness (QED) is 0.294. The molecule has 262 valence electrons. The fourth-order valence-corrected chi connectivity index (χ4v) is 6.99. The van der Waals surface area contributed by atoms with E-state index < -0.39 is 28.1 Å². The molecule has 48 heavy (non-hydrogen) atoms. The molecule has 0 radical (unpaired) electrons. The molecule has 3 aromatic rings. The van der Waals surface area contributed by atoms with Crippen LogP contribution in [-0.2, 0) is 14.8 Å². The van der Waals surface area contributed by atoms with E-state index in [0.717, 1.165) is 12.8 Å². The molecule has 0 aliphatic carbocycles. The van der Waals surface area contributed by atoms with Gasteiger partial charge in [-0.25, -0.2) is 13.2 Å². The molecule has 1 aliphatic rings. The molecule has 4 rings (SSSR count). The van der Waals surface area contributed by atoms with E-state index in [4.69, 9.17) is 14.0 Å². The van der Waals surface area contributed by atoms with Crippen molar-refractivity contribution in [3.05, 3.63) is 65.5 Å². The average molecular weight is 686 g/mol. The molecule has 1 aromatic heterocycles. The van der Waals surface area contributed by atoms with Gasteiger partial charge in [0.15, 0.2) is 10.7 Å². The number of rotatable bonds is 8. The Morgan fingerprint density at radius 1 is 1.12 bits per heavy atom. The number of aromatic nitrogens is 1. The van der Waals surface area contributed by atoms with Crippen LogP contribution in [0.4, 0.5) is 16.2 Å². The molecular formula is C34H47N5O8S. The van der Waals surface area contributed by atoms with Gasteiger partial charge >= 0.3 is 6.03 Å². The number of sulfonamides is 1. The summed E-state index contributed by atoms with van der Waals surface area (Å²) in [6.07, 6.45) is 1.58. The van der Waals surface area contributed by atoms with E-state index in [9.17, 15) is 23.1 Å². The van der Waals surface area contributed by atoms with Crippen molar-refractivity contribution in [1.29, 1.82) is 0 Å². The first-order chi connectivity index (χ1) is 22.8. The van der Waals surface area contributed by atoms with E-state index in [1.807, 2.05) is 44.2 Å². The van der Waals surface area contributed by atoms with Gasteiger partial charge in [-0.2, -0.15) is 0 Å². The third-order valence-corrected chi connectivity index (χ3v) is 9.99. The van der Waals surface area contributed by atoms with Crippen molar-refractivity contribution in [2.24, 2.45) is 5.92 Å². The van der Waals surface area contributed by atoms with Crippen molar-refractivity contribution >= 4 is 33.3 Å². The fraction of sp³-hybridized carbons (Fsp3) is 0.500. The molecule has 1 aliphatic heterocycles. The number of para-hydroxylation sites is 1. The number of aliphatic hydroxyl groups excluding tert-OH is 1. The first-order valence-corrected chi connectivity index (χ1v) is 17.7. The van der Waals surface area contributed by atoms with E-state index in [-0.39, 0.29) is 65.3 Å². The van der Waals surface area contributed by atoms with Crippen LogP contribution in [-0.4, -0.2) is 92.0 Å². The third kappa shape index (κ3) is 9.26. The summed E-state index contributed by atoms with van der Waals surface area (Å²) >= 11 is 0. The van der Waals surface area contributed by atoms with Gasteiger partial charge in [-0.05, 0) is 77.3 Å². The van der Waals surface area contributed by atoms with Crippen LogP contribution in [0.1, 0.15) is 61.8 Å². The number of amides is 3. The third-order valence-electron chi connectivity index (χ3n) is 8.37. The molecule has 2 aromatic carbocycles. The average Bonchev–Trinajstić information content (AvgIpc) is 3.40. The summed E-state index contributed by atoms with van der Waals surface area (Å²) in [5.74, 6) is -0.265. The van der Waals surface area contributed by atoms with Crippen LogP contribution in [0.25, 0.3) is 0 Å². The maximum atomic E-state index is 14.4. The summed E-state index contributed by atoms with van der Waals surface area (Å²) in [6, 6.07) is 12.8. The normalized spacial score (nSPS) is 20.2. The number of hydrogen-bond acceptors (Lipinski definition) is 9. The Balaban J connectivity index is 1.64. The number of fused-ring (bicyclic) bond motifs is 1. The van der Waals surface area contributed by atoms with Crippen molar-refractivity contribution in [2.75, 3.05) is 43.4 Å². The van der Waals surface area contributed by atoms with Crippen LogP contribution in [0, 0.1) is 19.8 Å². The Bertz CT molecular complexity index is 1630. The smallest absolute Gasteiger partial charge is 0.321 e. The molecule has 14 heteroatoms. The van der Waals surface area contributed by atoms with Gasteiger partial charge in [-0.15, -0.1) is 0 Å². The number of urea groups is 1. The number of aryl methyl sites for hydroxylation is 2.